The lowest BCUT2D eigenvalue weighted by molar-refractivity contribution is 0.102. The first-order valence-electron chi connectivity index (χ1n) is 7.78. The van der Waals surface area contributed by atoms with Crippen LogP contribution in [0.15, 0.2) is 65.6 Å². The summed E-state index contributed by atoms with van der Waals surface area (Å²) < 4.78 is 19.1. The third kappa shape index (κ3) is 4.27. The van der Waals surface area contributed by atoms with Crippen LogP contribution >= 0.6 is 11.6 Å². The average Bonchev–Trinajstić information content (AvgIpc) is 2.67. The van der Waals surface area contributed by atoms with Gasteiger partial charge in [0, 0.05) is 17.7 Å². The zero-order valence-corrected chi connectivity index (χ0v) is 14.9. The second kappa shape index (κ2) is 7.92. The zero-order chi connectivity index (χ0) is 19.4. The van der Waals surface area contributed by atoms with Gasteiger partial charge in [0.05, 0.1) is 24.0 Å². The van der Waals surface area contributed by atoms with Crippen LogP contribution in [0.1, 0.15) is 10.4 Å². The first-order chi connectivity index (χ1) is 13.0. The first kappa shape index (κ1) is 18.5. The maximum atomic E-state index is 13.3. The van der Waals surface area contributed by atoms with Crippen LogP contribution in [0.5, 0.6) is 11.5 Å². The molecule has 0 spiro atoms. The number of rotatable bonds is 5. The van der Waals surface area contributed by atoms with Crippen molar-refractivity contribution in [3.63, 3.8) is 0 Å². The van der Waals surface area contributed by atoms with Crippen molar-refractivity contribution in [2.45, 2.75) is 0 Å². The van der Waals surface area contributed by atoms with Crippen molar-refractivity contribution in [2.75, 3.05) is 12.4 Å². The smallest absolute Gasteiger partial charge is 0.285 e. The van der Waals surface area contributed by atoms with Crippen molar-refractivity contribution in [1.29, 1.82) is 0 Å². The van der Waals surface area contributed by atoms with E-state index in [1.165, 1.54) is 25.4 Å². The van der Waals surface area contributed by atoms with Crippen LogP contribution in [0.25, 0.3) is 0 Å². The van der Waals surface area contributed by atoms with Crippen molar-refractivity contribution in [3.05, 3.63) is 87.6 Å². The molecule has 1 aromatic heterocycles. The van der Waals surface area contributed by atoms with Crippen LogP contribution in [0.2, 0.25) is 5.02 Å². The van der Waals surface area contributed by atoms with Crippen molar-refractivity contribution in [1.82, 2.24) is 4.73 Å². The fourth-order valence-corrected chi connectivity index (χ4v) is 2.46. The number of nitrogens with zero attached hydrogens (tertiary/aromatic N) is 1. The van der Waals surface area contributed by atoms with E-state index in [2.05, 4.69) is 5.32 Å². The van der Waals surface area contributed by atoms with E-state index in [4.69, 9.17) is 21.2 Å². The summed E-state index contributed by atoms with van der Waals surface area (Å²) >= 11 is 6.15. The Morgan fingerprint density at radius 1 is 1.11 bits per heavy atom. The Kier molecular flexibility index (Phi) is 5.42. The minimum atomic E-state index is -0.589. The molecule has 138 valence electrons. The molecule has 1 heterocycles. The van der Waals surface area contributed by atoms with Gasteiger partial charge >= 0.3 is 0 Å². The Morgan fingerprint density at radius 3 is 2.56 bits per heavy atom. The summed E-state index contributed by atoms with van der Waals surface area (Å²) in [6, 6.07) is 13.2. The molecular formula is C19H14ClFN2O4. The molecule has 3 aromatic rings. The molecule has 27 heavy (non-hydrogen) atoms. The fraction of sp³-hybridized carbons (Fsp3) is 0.0526. The molecule has 1 N–H and O–H groups in total. The Balaban J connectivity index is 1.85. The SMILES string of the molecule is COc1cc(F)ccc1On1cc(Cl)c(NC(=O)c2ccccc2)cc1=O. The van der Waals surface area contributed by atoms with Gasteiger partial charge in [-0.3, -0.25) is 9.59 Å². The molecule has 0 radical (unpaired) electrons. The van der Waals surface area contributed by atoms with Crippen molar-refractivity contribution in [3.8, 4) is 11.5 Å². The van der Waals surface area contributed by atoms with E-state index >= 15 is 0 Å². The molecular weight excluding hydrogens is 375 g/mol. The Bertz CT molecular complexity index is 1040. The second-order valence-electron chi connectivity index (χ2n) is 5.41. The Labute approximate surface area is 158 Å². The lowest BCUT2D eigenvalue weighted by Gasteiger charge is -2.13. The molecule has 6 nitrogen and oxygen atoms in total. The minimum Gasteiger partial charge on any atom is -0.493 e. The standard InChI is InChI=1S/C19H14ClFN2O4/c1-26-17-9-13(21)7-8-16(17)27-23-11-14(20)15(10-18(23)24)22-19(25)12-5-3-2-4-6-12/h2-11H,1H3,(H,22,25). The van der Waals surface area contributed by atoms with Gasteiger partial charge in [-0.1, -0.05) is 29.8 Å². The van der Waals surface area contributed by atoms with Crippen LogP contribution in [0.3, 0.4) is 0 Å². The molecule has 0 fully saturated rings. The Morgan fingerprint density at radius 2 is 1.85 bits per heavy atom. The number of hydrogen-bond acceptors (Lipinski definition) is 4. The monoisotopic (exact) mass is 388 g/mol. The number of aromatic nitrogens is 1. The van der Waals surface area contributed by atoms with E-state index in [0.717, 1.165) is 16.9 Å². The molecule has 3 rings (SSSR count). The number of ether oxygens (including phenoxy) is 1. The zero-order valence-electron chi connectivity index (χ0n) is 14.1. The maximum absolute atomic E-state index is 13.3. The summed E-state index contributed by atoms with van der Waals surface area (Å²) in [6.07, 6.45) is 1.20. The number of anilines is 1. The molecule has 2 aromatic carbocycles. The summed E-state index contributed by atoms with van der Waals surface area (Å²) in [5, 5.41) is 2.66. The van der Waals surface area contributed by atoms with Gasteiger partial charge in [-0.25, -0.2) is 4.39 Å². The number of amides is 1. The normalized spacial score (nSPS) is 10.3. The molecule has 1 amide bonds. The lowest BCUT2D eigenvalue weighted by atomic mass is 10.2. The highest BCUT2D eigenvalue weighted by molar-refractivity contribution is 6.33. The molecule has 0 bridgehead atoms. The summed E-state index contributed by atoms with van der Waals surface area (Å²) in [5.74, 6) is -0.683. The summed E-state index contributed by atoms with van der Waals surface area (Å²) in [7, 11) is 1.35. The average molecular weight is 389 g/mol. The largest absolute Gasteiger partial charge is 0.493 e. The second-order valence-corrected chi connectivity index (χ2v) is 5.81. The molecule has 8 heteroatoms. The van der Waals surface area contributed by atoms with Crippen LogP contribution in [0.4, 0.5) is 10.1 Å². The number of pyridine rings is 1. The molecule has 0 unspecified atom stereocenters. The third-order valence-corrected chi connectivity index (χ3v) is 3.88. The van der Waals surface area contributed by atoms with Gasteiger partial charge in [0.1, 0.15) is 5.82 Å². The van der Waals surface area contributed by atoms with Gasteiger partial charge in [-0.15, -0.1) is 4.73 Å². The van der Waals surface area contributed by atoms with Crippen LogP contribution in [-0.2, 0) is 0 Å². The summed E-state index contributed by atoms with van der Waals surface area (Å²) in [5.41, 5.74) is -0.0272. The van der Waals surface area contributed by atoms with Gasteiger partial charge in [-0.05, 0) is 24.3 Å². The van der Waals surface area contributed by atoms with E-state index in [9.17, 15) is 14.0 Å². The van der Waals surface area contributed by atoms with Gasteiger partial charge in [-0.2, -0.15) is 0 Å². The van der Waals surface area contributed by atoms with Crippen molar-refractivity contribution < 1.29 is 18.8 Å². The number of nitrogens with one attached hydrogen (secondary N) is 1. The number of methoxy groups -OCH3 is 1. The number of hydrogen-bond donors (Lipinski definition) is 1. The van der Waals surface area contributed by atoms with Gasteiger partial charge in [0.15, 0.2) is 11.5 Å². The highest BCUT2D eigenvalue weighted by atomic mass is 35.5. The molecule has 0 saturated heterocycles. The van der Waals surface area contributed by atoms with Crippen LogP contribution < -0.4 is 20.5 Å². The number of carbonyl (C=O) groups excluding carboxylic acids is 1. The molecule has 0 atom stereocenters. The fourth-order valence-electron chi connectivity index (χ4n) is 2.27. The minimum absolute atomic E-state index is 0.0833. The summed E-state index contributed by atoms with van der Waals surface area (Å²) in [4.78, 5) is 29.9. The molecule has 0 aliphatic rings. The highest BCUT2D eigenvalue weighted by Crippen LogP contribution is 2.28. The third-order valence-electron chi connectivity index (χ3n) is 3.58. The van der Waals surface area contributed by atoms with E-state index in [-0.39, 0.29) is 22.2 Å². The predicted molar refractivity (Wildman–Crippen MR) is 99.1 cm³/mol. The molecule has 0 aliphatic heterocycles. The topological polar surface area (TPSA) is 69.6 Å². The van der Waals surface area contributed by atoms with Crippen LogP contribution in [-0.4, -0.2) is 17.7 Å². The number of benzene rings is 2. The quantitative estimate of drug-likeness (QED) is 0.722. The number of carbonyl (C=O) groups is 1. The maximum Gasteiger partial charge on any atom is 0.285 e. The van der Waals surface area contributed by atoms with E-state index < -0.39 is 17.3 Å². The van der Waals surface area contributed by atoms with E-state index in [1.807, 2.05) is 0 Å². The highest BCUT2D eigenvalue weighted by Gasteiger charge is 2.13. The van der Waals surface area contributed by atoms with Gasteiger partial charge < -0.3 is 14.9 Å². The molecule has 0 aliphatic carbocycles. The van der Waals surface area contributed by atoms with Gasteiger partial charge in [0.2, 0.25) is 0 Å². The summed E-state index contributed by atoms with van der Waals surface area (Å²) in [6.45, 7) is 0. The number of halogens is 2. The van der Waals surface area contributed by atoms with E-state index in [1.54, 1.807) is 30.3 Å². The molecule has 0 saturated carbocycles. The van der Waals surface area contributed by atoms with Crippen molar-refractivity contribution in [2.24, 2.45) is 0 Å². The van der Waals surface area contributed by atoms with Crippen molar-refractivity contribution >= 4 is 23.2 Å². The van der Waals surface area contributed by atoms with Crippen LogP contribution in [0, 0.1) is 5.82 Å². The first-order valence-corrected chi connectivity index (χ1v) is 8.16. The van der Waals surface area contributed by atoms with E-state index in [0.29, 0.717) is 5.56 Å². The van der Waals surface area contributed by atoms with Gasteiger partial charge in [0.25, 0.3) is 11.5 Å². The predicted octanol–water partition coefficient (Wildman–Crippen LogP) is 3.74. The Hall–Kier alpha value is -3.32. The lowest BCUT2D eigenvalue weighted by Crippen LogP contribution is -2.25.